The predicted molar refractivity (Wildman–Crippen MR) is 119 cm³/mol. The molecule has 0 fully saturated rings. The summed E-state index contributed by atoms with van der Waals surface area (Å²) in [5.41, 5.74) is 1.56. The molecule has 1 atom stereocenters. The van der Waals surface area contributed by atoms with Crippen LogP contribution in [-0.4, -0.2) is 21.7 Å². The third-order valence-corrected chi connectivity index (χ3v) is 5.97. The van der Waals surface area contributed by atoms with Crippen LogP contribution in [0, 0.1) is 10.1 Å². The molecule has 0 saturated carbocycles. The van der Waals surface area contributed by atoms with Gasteiger partial charge in [-0.25, -0.2) is 0 Å². The highest BCUT2D eigenvalue weighted by atomic mass is 79.9. The van der Waals surface area contributed by atoms with Crippen LogP contribution in [0.1, 0.15) is 29.2 Å². The van der Waals surface area contributed by atoms with E-state index in [0.717, 1.165) is 21.4 Å². The lowest BCUT2D eigenvalue weighted by molar-refractivity contribution is -0.380. The zero-order valence-corrected chi connectivity index (χ0v) is 18.6. The van der Waals surface area contributed by atoms with Crippen molar-refractivity contribution in [2.75, 3.05) is 0 Å². The molecular formula is C21H16BrN3O5S. The van der Waals surface area contributed by atoms with Crippen LogP contribution in [0.15, 0.2) is 70.2 Å². The van der Waals surface area contributed by atoms with E-state index in [-0.39, 0.29) is 16.8 Å². The first-order valence-corrected chi connectivity index (χ1v) is 10.8. The Morgan fingerprint density at radius 2 is 2.03 bits per heavy atom. The molecule has 2 aromatic carbocycles. The van der Waals surface area contributed by atoms with E-state index in [4.69, 9.17) is 9.47 Å². The molecule has 158 valence electrons. The summed E-state index contributed by atoms with van der Waals surface area (Å²) < 4.78 is 12.8. The maximum Gasteiger partial charge on any atom is 0.324 e. The lowest BCUT2D eigenvalue weighted by atomic mass is 10.2. The fraction of sp³-hybridized carbons (Fsp3) is 0.143. The minimum Gasteiger partial charge on any atom is -0.488 e. The van der Waals surface area contributed by atoms with Crippen LogP contribution in [0.4, 0.5) is 5.00 Å². The van der Waals surface area contributed by atoms with E-state index in [2.05, 4.69) is 21.0 Å². The highest BCUT2D eigenvalue weighted by molar-refractivity contribution is 9.10. The Morgan fingerprint density at radius 1 is 1.26 bits per heavy atom. The van der Waals surface area contributed by atoms with Crippen molar-refractivity contribution in [2.24, 2.45) is 5.10 Å². The van der Waals surface area contributed by atoms with Gasteiger partial charge in [-0.1, -0.05) is 57.6 Å². The van der Waals surface area contributed by atoms with Gasteiger partial charge >= 0.3 is 5.00 Å². The Labute approximate surface area is 190 Å². The van der Waals surface area contributed by atoms with Gasteiger partial charge in [-0.2, -0.15) is 5.01 Å². The number of amides is 1. The van der Waals surface area contributed by atoms with Gasteiger partial charge in [0.2, 0.25) is 18.0 Å². The number of carbonyl (C=O) groups is 1. The molecule has 1 aliphatic heterocycles. The van der Waals surface area contributed by atoms with Crippen molar-refractivity contribution in [2.45, 2.75) is 19.8 Å². The van der Waals surface area contributed by atoms with Gasteiger partial charge in [0.15, 0.2) is 0 Å². The second-order valence-electron chi connectivity index (χ2n) is 6.59. The van der Waals surface area contributed by atoms with Crippen molar-refractivity contribution >= 4 is 44.1 Å². The van der Waals surface area contributed by atoms with Crippen LogP contribution in [0.3, 0.4) is 0 Å². The Kier molecular flexibility index (Phi) is 6.01. The van der Waals surface area contributed by atoms with Crippen LogP contribution in [0.25, 0.3) is 0 Å². The molecule has 0 bridgehead atoms. The number of hydrogen-bond donors (Lipinski definition) is 0. The van der Waals surface area contributed by atoms with Crippen LogP contribution in [0.5, 0.6) is 5.75 Å². The maximum absolute atomic E-state index is 12.2. The molecule has 3 aromatic rings. The Morgan fingerprint density at radius 3 is 2.71 bits per heavy atom. The van der Waals surface area contributed by atoms with Crippen molar-refractivity contribution in [3.8, 4) is 5.75 Å². The molecule has 31 heavy (non-hydrogen) atoms. The van der Waals surface area contributed by atoms with Gasteiger partial charge in [0.1, 0.15) is 12.4 Å². The van der Waals surface area contributed by atoms with E-state index in [1.54, 1.807) is 18.2 Å². The van der Waals surface area contributed by atoms with E-state index in [1.807, 2.05) is 36.4 Å². The highest BCUT2D eigenvalue weighted by Crippen LogP contribution is 2.38. The molecule has 0 saturated heterocycles. The van der Waals surface area contributed by atoms with Gasteiger partial charge in [0, 0.05) is 17.5 Å². The van der Waals surface area contributed by atoms with Gasteiger partial charge in [-0.05, 0) is 29.8 Å². The summed E-state index contributed by atoms with van der Waals surface area (Å²) in [5, 5.41) is 16.5. The fourth-order valence-corrected chi connectivity index (χ4v) is 4.16. The maximum atomic E-state index is 12.2. The number of hydrazone groups is 1. The third-order valence-electron chi connectivity index (χ3n) is 4.41. The second kappa shape index (κ2) is 8.86. The summed E-state index contributed by atoms with van der Waals surface area (Å²) in [6.45, 7) is 1.71. The summed E-state index contributed by atoms with van der Waals surface area (Å²) in [7, 11) is 0. The summed E-state index contributed by atoms with van der Waals surface area (Å²) in [6, 6.07) is 18.1. The fourth-order valence-electron chi connectivity index (χ4n) is 2.96. The quantitative estimate of drug-likeness (QED) is 0.340. The second-order valence-corrected chi connectivity index (χ2v) is 8.60. The molecule has 0 aliphatic carbocycles. The van der Waals surface area contributed by atoms with Crippen molar-refractivity contribution in [3.63, 3.8) is 0 Å². The molecule has 10 heteroatoms. The van der Waals surface area contributed by atoms with Crippen LogP contribution < -0.4 is 4.74 Å². The van der Waals surface area contributed by atoms with Crippen molar-refractivity contribution < 1.29 is 19.2 Å². The smallest absolute Gasteiger partial charge is 0.324 e. The zero-order chi connectivity index (χ0) is 22.0. The van der Waals surface area contributed by atoms with E-state index in [0.29, 0.717) is 22.8 Å². The van der Waals surface area contributed by atoms with Gasteiger partial charge in [0.05, 0.1) is 15.4 Å². The lowest BCUT2D eigenvalue weighted by Crippen LogP contribution is -2.24. The monoisotopic (exact) mass is 501 g/mol. The predicted octanol–water partition coefficient (Wildman–Crippen LogP) is 5.24. The van der Waals surface area contributed by atoms with Crippen molar-refractivity contribution in [1.29, 1.82) is 0 Å². The molecule has 1 aromatic heterocycles. The van der Waals surface area contributed by atoms with E-state index in [9.17, 15) is 14.9 Å². The van der Waals surface area contributed by atoms with E-state index >= 15 is 0 Å². The van der Waals surface area contributed by atoms with Gasteiger partial charge < -0.3 is 9.47 Å². The largest absolute Gasteiger partial charge is 0.488 e. The number of thiophene rings is 1. The SMILES string of the molecule is CC(=O)N1N=C(c2cc(Br)ccc2OCc2ccccc2)O[C@H]1c1ccc([N+](=O)[O-])s1. The number of nitrogens with zero attached hydrogens (tertiary/aromatic N) is 3. The molecule has 4 rings (SSSR count). The van der Waals surface area contributed by atoms with Crippen molar-refractivity contribution in [1.82, 2.24) is 5.01 Å². The standard InChI is InChI=1S/C21H16BrN3O5S/c1-13(26)24-21(18-9-10-19(31-18)25(27)28)30-20(23-24)16-11-15(22)7-8-17(16)29-12-14-5-3-2-4-6-14/h2-11,21H,12H2,1H3/t21-/m0/s1. The van der Waals surface area contributed by atoms with Gasteiger partial charge in [-0.15, -0.1) is 5.10 Å². The normalized spacial score (nSPS) is 15.4. The minimum atomic E-state index is -0.882. The average Bonchev–Trinajstić information content (AvgIpc) is 3.41. The number of halogens is 1. The summed E-state index contributed by atoms with van der Waals surface area (Å²) >= 11 is 4.38. The number of ether oxygens (including phenoxy) is 2. The zero-order valence-electron chi connectivity index (χ0n) is 16.2. The molecule has 8 nitrogen and oxygen atoms in total. The highest BCUT2D eigenvalue weighted by Gasteiger charge is 2.36. The average molecular weight is 502 g/mol. The molecule has 2 heterocycles. The third kappa shape index (κ3) is 4.59. The number of benzene rings is 2. The number of nitro groups is 1. The van der Waals surface area contributed by atoms with E-state index in [1.165, 1.54) is 18.0 Å². The number of rotatable bonds is 6. The van der Waals surface area contributed by atoms with Crippen LogP contribution >= 0.6 is 27.3 Å². The summed E-state index contributed by atoms with van der Waals surface area (Å²) in [4.78, 5) is 23.2. The summed E-state index contributed by atoms with van der Waals surface area (Å²) in [5.74, 6) is 0.380. The van der Waals surface area contributed by atoms with Gasteiger partial charge in [0.25, 0.3) is 0 Å². The van der Waals surface area contributed by atoms with Crippen molar-refractivity contribution in [3.05, 3.63) is 91.3 Å². The Balaban J connectivity index is 1.63. The minimum absolute atomic E-state index is 0.0371. The summed E-state index contributed by atoms with van der Waals surface area (Å²) in [6.07, 6.45) is -0.882. The van der Waals surface area contributed by atoms with E-state index < -0.39 is 11.2 Å². The topological polar surface area (TPSA) is 94.3 Å². The Hall–Kier alpha value is -3.24. The first-order chi connectivity index (χ1) is 14.9. The molecular weight excluding hydrogens is 486 g/mol. The van der Waals surface area contributed by atoms with Gasteiger partial charge in [-0.3, -0.25) is 14.9 Å². The number of carbonyl (C=O) groups excluding carboxylic acids is 1. The molecule has 0 N–H and O–H groups in total. The number of hydrogen-bond acceptors (Lipinski definition) is 7. The lowest BCUT2D eigenvalue weighted by Gasteiger charge is -2.17. The molecule has 0 unspecified atom stereocenters. The Bertz CT molecular complexity index is 1160. The van der Waals surface area contributed by atoms with Crippen LogP contribution in [0.2, 0.25) is 0 Å². The van der Waals surface area contributed by atoms with Crippen LogP contribution in [-0.2, 0) is 16.1 Å². The first-order valence-electron chi connectivity index (χ1n) is 9.18. The molecule has 1 amide bonds. The molecule has 0 spiro atoms. The first kappa shape index (κ1) is 21.0. The molecule has 1 aliphatic rings. The molecule has 0 radical (unpaired) electrons.